The predicted molar refractivity (Wildman–Crippen MR) is 167 cm³/mol. The maximum atomic E-state index is 14.4. The van der Waals surface area contributed by atoms with Gasteiger partial charge in [0.05, 0.1) is 18.0 Å². The second-order valence-electron chi connectivity index (χ2n) is 12.8. The second-order valence-corrected chi connectivity index (χ2v) is 13.2. The molecule has 2 N–H and O–H groups in total. The van der Waals surface area contributed by atoms with Crippen LogP contribution in [0.4, 0.5) is 13.2 Å². The van der Waals surface area contributed by atoms with Crippen molar-refractivity contribution >= 4 is 35.1 Å². The number of nitrogens with zero attached hydrogens (tertiary/aromatic N) is 2. The summed E-state index contributed by atoms with van der Waals surface area (Å²) in [5.74, 6) is -1.45. The Balaban J connectivity index is 1.74. The average Bonchev–Trinajstić information content (AvgIpc) is 3.26. The van der Waals surface area contributed by atoms with E-state index in [0.717, 1.165) is 43.4 Å². The van der Waals surface area contributed by atoms with Crippen LogP contribution in [-0.2, 0) is 15.8 Å². The van der Waals surface area contributed by atoms with Crippen LogP contribution in [0.3, 0.4) is 0 Å². The van der Waals surface area contributed by atoms with Crippen LogP contribution >= 0.6 is 11.6 Å². The molecule has 1 unspecified atom stereocenters. The van der Waals surface area contributed by atoms with Crippen molar-refractivity contribution in [3.8, 4) is 0 Å². The van der Waals surface area contributed by atoms with Gasteiger partial charge in [0.15, 0.2) is 0 Å². The highest BCUT2D eigenvalue weighted by Gasteiger charge is 2.53. The normalized spacial score (nSPS) is 21.2. The fraction of sp³-hybridized carbons (Fsp3) is 0.529. The fourth-order valence-electron chi connectivity index (χ4n) is 6.59. The zero-order chi connectivity index (χ0) is 33.2. The lowest BCUT2D eigenvalue weighted by molar-refractivity contribution is -0.138. The van der Waals surface area contributed by atoms with Gasteiger partial charge < -0.3 is 15.3 Å². The summed E-state index contributed by atoms with van der Waals surface area (Å²) in [4.78, 5) is 44.5. The van der Waals surface area contributed by atoms with Crippen LogP contribution < -0.4 is 5.32 Å². The molecule has 1 aliphatic heterocycles. The van der Waals surface area contributed by atoms with E-state index in [4.69, 9.17) is 21.7 Å². The van der Waals surface area contributed by atoms with Gasteiger partial charge in [0.1, 0.15) is 11.4 Å². The summed E-state index contributed by atoms with van der Waals surface area (Å²) in [6.45, 7) is 8.64. The lowest BCUT2D eigenvalue weighted by Gasteiger charge is -2.48. The van der Waals surface area contributed by atoms with Crippen LogP contribution in [0.5, 0.6) is 0 Å². The van der Waals surface area contributed by atoms with Crippen molar-refractivity contribution in [2.75, 3.05) is 6.54 Å². The Bertz CT molecular complexity index is 1450. The molecule has 1 spiro atoms. The number of carboxylic acid groups (broad SMARTS) is 1. The molecule has 0 bridgehead atoms. The van der Waals surface area contributed by atoms with Crippen LogP contribution in [0.1, 0.15) is 112 Å². The molecule has 4 rings (SSSR count). The first kappa shape index (κ1) is 34.5. The molecule has 0 radical (unpaired) electrons. The number of alkyl halides is 3. The van der Waals surface area contributed by atoms with E-state index in [1.54, 1.807) is 29.2 Å². The van der Waals surface area contributed by atoms with E-state index in [-0.39, 0.29) is 34.7 Å². The topological polar surface area (TPSA) is 99.1 Å². The number of hydrogen-bond acceptors (Lipinski definition) is 4. The molecule has 1 aliphatic carbocycles. The first-order valence-corrected chi connectivity index (χ1v) is 15.9. The Labute approximate surface area is 267 Å². The zero-order valence-electron chi connectivity index (χ0n) is 26.1. The number of carboxylic acids is 1. The lowest BCUT2D eigenvalue weighted by Crippen LogP contribution is -2.51. The summed E-state index contributed by atoms with van der Waals surface area (Å²) in [5, 5.41) is 11.3. The number of hydrogen-bond donors (Lipinski definition) is 2. The van der Waals surface area contributed by atoms with Crippen LogP contribution in [0.2, 0.25) is 5.02 Å². The predicted octanol–water partition coefficient (Wildman–Crippen LogP) is 8.06. The molecule has 1 atom stereocenters. The Kier molecular flexibility index (Phi) is 10.4. The minimum atomic E-state index is -4.64. The Morgan fingerprint density at radius 3 is 2.31 bits per heavy atom. The highest BCUT2D eigenvalue weighted by molar-refractivity contribution is 6.47. The molecule has 1 fully saturated rings. The largest absolute Gasteiger partial charge is 0.481 e. The summed E-state index contributed by atoms with van der Waals surface area (Å²) in [5.41, 5.74) is -0.627. The van der Waals surface area contributed by atoms with Crippen LogP contribution in [0, 0.1) is 11.3 Å². The van der Waals surface area contributed by atoms with Crippen molar-refractivity contribution in [2.24, 2.45) is 16.3 Å². The Morgan fingerprint density at radius 2 is 1.76 bits per heavy atom. The van der Waals surface area contributed by atoms with E-state index in [2.05, 4.69) is 26.1 Å². The van der Waals surface area contributed by atoms with Crippen LogP contribution in [0.25, 0.3) is 0 Å². The van der Waals surface area contributed by atoms with Gasteiger partial charge >= 0.3 is 12.1 Å². The standard InChI is InChI=1S/C34H41ClF3N3O4/c1-5-7-27(21-8-10-22(11-9-21)30(44)39-17-14-28(42)43)41-31(45)29(23-18-25(34(36,37)38)20-26(35)19-23)40-33(41)15-12-24(13-16-33)32(3,4)6-2/h8-11,18-20,24,27H,5-7,12-17H2,1-4H3,(H,39,44)(H,42,43). The summed E-state index contributed by atoms with van der Waals surface area (Å²) in [7, 11) is 0. The molecule has 2 aromatic carbocycles. The average molecular weight is 648 g/mol. The summed E-state index contributed by atoms with van der Waals surface area (Å²) >= 11 is 6.14. The van der Waals surface area contributed by atoms with Crippen molar-refractivity contribution in [3.63, 3.8) is 0 Å². The number of benzene rings is 2. The number of aliphatic carboxylic acids is 1. The molecule has 2 amide bonds. The van der Waals surface area contributed by atoms with Gasteiger partial charge in [-0.1, -0.05) is 64.3 Å². The third-order valence-corrected chi connectivity index (χ3v) is 9.77. The number of halogens is 4. The van der Waals surface area contributed by atoms with E-state index < -0.39 is 41.2 Å². The third kappa shape index (κ3) is 7.54. The number of carbonyl (C=O) groups is 3. The number of carbonyl (C=O) groups excluding carboxylic acids is 2. The summed E-state index contributed by atoms with van der Waals surface area (Å²) in [6, 6.07) is 9.53. The van der Waals surface area contributed by atoms with Gasteiger partial charge in [-0.25, -0.2) is 0 Å². The van der Waals surface area contributed by atoms with E-state index in [1.165, 1.54) is 6.07 Å². The molecule has 2 aromatic rings. The molecule has 244 valence electrons. The first-order valence-electron chi connectivity index (χ1n) is 15.5. The molecule has 0 aromatic heterocycles. The Hall–Kier alpha value is -3.40. The number of rotatable bonds is 11. The van der Waals surface area contributed by atoms with E-state index in [0.29, 0.717) is 30.7 Å². The summed E-state index contributed by atoms with van der Waals surface area (Å²) in [6.07, 6.45) is 0.247. The van der Waals surface area contributed by atoms with Crippen molar-refractivity contribution in [3.05, 3.63) is 69.7 Å². The van der Waals surface area contributed by atoms with Gasteiger partial charge in [0.25, 0.3) is 11.8 Å². The molecule has 0 saturated heterocycles. The van der Waals surface area contributed by atoms with Crippen LogP contribution in [0.15, 0.2) is 47.5 Å². The molecule has 45 heavy (non-hydrogen) atoms. The van der Waals surface area contributed by atoms with Gasteiger partial charge in [-0.05, 0) is 79.3 Å². The van der Waals surface area contributed by atoms with Gasteiger partial charge in [-0.15, -0.1) is 0 Å². The summed E-state index contributed by atoms with van der Waals surface area (Å²) < 4.78 is 41.2. The minimum Gasteiger partial charge on any atom is -0.481 e. The van der Waals surface area contributed by atoms with Gasteiger partial charge in [-0.2, -0.15) is 13.2 Å². The molecule has 2 aliphatic rings. The fourth-order valence-corrected chi connectivity index (χ4v) is 6.82. The number of amides is 2. The molecular weight excluding hydrogens is 607 g/mol. The molecule has 11 heteroatoms. The molecule has 1 saturated carbocycles. The Morgan fingerprint density at radius 1 is 1.11 bits per heavy atom. The van der Waals surface area contributed by atoms with Crippen molar-refractivity contribution in [1.82, 2.24) is 10.2 Å². The zero-order valence-corrected chi connectivity index (χ0v) is 26.9. The second kappa shape index (κ2) is 13.5. The van der Waals surface area contributed by atoms with E-state index >= 15 is 0 Å². The highest BCUT2D eigenvalue weighted by Crippen LogP contribution is 2.51. The maximum absolute atomic E-state index is 14.4. The smallest absolute Gasteiger partial charge is 0.416 e. The SMILES string of the molecule is CCCC(c1ccc(C(=O)NCCC(=O)O)cc1)N1C(=O)C(c2cc(Cl)cc(C(F)(F)F)c2)=NC12CCC(C(C)(C)CC)CC2. The number of nitrogens with one attached hydrogen (secondary N) is 1. The molecule has 7 nitrogen and oxygen atoms in total. The minimum absolute atomic E-state index is 0.00528. The first-order chi connectivity index (χ1) is 21.1. The van der Waals surface area contributed by atoms with Crippen LogP contribution in [-0.4, -0.2) is 45.7 Å². The van der Waals surface area contributed by atoms with E-state index in [1.807, 2.05) is 6.92 Å². The lowest BCUT2D eigenvalue weighted by atomic mass is 9.67. The monoisotopic (exact) mass is 647 g/mol. The maximum Gasteiger partial charge on any atom is 0.416 e. The van der Waals surface area contributed by atoms with Crippen molar-refractivity contribution < 1.29 is 32.7 Å². The van der Waals surface area contributed by atoms with Crippen molar-refractivity contribution in [2.45, 2.75) is 96.9 Å². The van der Waals surface area contributed by atoms with Gasteiger partial charge in [0, 0.05) is 22.7 Å². The third-order valence-electron chi connectivity index (χ3n) is 9.55. The molecular formula is C34H41ClF3N3O4. The quantitative estimate of drug-likeness (QED) is 0.258. The number of aliphatic imine (C=N–C) groups is 1. The van der Waals surface area contributed by atoms with Gasteiger partial charge in [0.2, 0.25) is 0 Å². The van der Waals surface area contributed by atoms with Crippen molar-refractivity contribution in [1.29, 1.82) is 0 Å². The van der Waals surface area contributed by atoms with E-state index in [9.17, 15) is 27.6 Å². The highest BCUT2D eigenvalue weighted by atomic mass is 35.5. The van der Waals surface area contributed by atoms with Gasteiger partial charge in [-0.3, -0.25) is 19.4 Å². The molecule has 1 heterocycles.